The Labute approximate surface area is 105 Å². The maximum Gasteiger partial charge on any atom is 0.415 e. The first-order chi connectivity index (χ1) is 8.05. The summed E-state index contributed by atoms with van der Waals surface area (Å²) in [5.41, 5.74) is 0.368. The van der Waals surface area contributed by atoms with Crippen LogP contribution in [0.15, 0.2) is 12.3 Å². The van der Waals surface area contributed by atoms with Crippen LogP contribution in [0, 0.1) is 0 Å². The van der Waals surface area contributed by atoms with Crippen molar-refractivity contribution in [2.75, 3.05) is 6.54 Å². The number of ether oxygens (including phenoxy) is 1. The maximum absolute atomic E-state index is 11.8. The van der Waals surface area contributed by atoms with Crippen LogP contribution in [0.25, 0.3) is 0 Å². The van der Waals surface area contributed by atoms with Crippen LogP contribution >= 0.6 is 0 Å². The van der Waals surface area contributed by atoms with Gasteiger partial charge in [-0.05, 0) is 26.2 Å². The first-order valence-electron chi connectivity index (χ1n) is 6.75. The highest BCUT2D eigenvalue weighted by atomic mass is 16.6. The smallest absolute Gasteiger partial charge is 0.415 e. The Morgan fingerprint density at radius 2 is 1.88 bits per heavy atom. The van der Waals surface area contributed by atoms with Crippen LogP contribution in [0.1, 0.15) is 59.3 Å². The minimum absolute atomic E-state index is 0.220. The second-order valence-corrected chi connectivity index (χ2v) is 5.01. The number of cyclic esters (lactones) is 1. The number of carbonyl (C=O) groups excluding carboxylic acids is 1. The van der Waals surface area contributed by atoms with Crippen LogP contribution in [0.3, 0.4) is 0 Å². The van der Waals surface area contributed by atoms with Crippen LogP contribution in [-0.4, -0.2) is 23.1 Å². The molecule has 0 aromatic heterocycles. The highest BCUT2D eigenvalue weighted by Crippen LogP contribution is 2.36. The van der Waals surface area contributed by atoms with Gasteiger partial charge in [0.1, 0.15) is 0 Å². The average Bonchev–Trinajstić information content (AvgIpc) is 2.49. The second-order valence-electron chi connectivity index (χ2n) is 5.01. The lowest BCUT2D eigenvalue weighted by Gasteiger charge is -2.24. The predicted octanol–water partition coefficient (Wildman–Crippen LogP) is 4.09. The molecule has 17 heavy (non-hydrogen) atoms. The molecule has 1 aliphatic heterocycles. The summed E-state index contributed by atoms with van der Waals surface area (Å²) in [5.74, 6) is 0. The molecule has 1 saturated heterocycles. The number of nitrogens with zero attached hydrogens (tertiary/aromatic N) is 1. The first kappa shape index (κ1) is 14.1. The lowest BCUT2D eigenvalue weighted by Crippen LogP contribution is -2.28. The van der Waals surface area contributed by atoms with Gasteiger partial charge in [-0.2, -0.15) is 0 Å². The van der Waals surface area contributed by atoms with Gasteiger partial charge in [-0.25, -0.2) is 4.79 Å². The van der Waals surface area contributed by atoms with Gasteiger partial charge in [0.15, 0.2) is 5.60 Å². The molecule has 3 nitrogen and oxygen atoms in total. The number of carbonyl (C=O) groups is 1. The van der Waals surface area contributed by atoms with Crippen molar-refractivity contribution >= 4 is 6.09 Å². The van der Waals surface area contributed by atoms with Gasteiger partial charge in [0, 0.05) is 6.54 Å². The number of rotatable bonds is 7. The van der Waals surface area contributed by atoms with Crippen LogP contribution < -0.4 is 0 Å². The summed E-state index contributed by atoms with van der Waals surface area (Å²) in [5, 5.41) is 0. The van der Waals surface area contributed by atoms with E-state index in [4.69, 9.17) is 4.74 Å². The summed E-state index contributed by atoms with van der Waals surface area (Å²) in [6.45, 7) is 11.1. The SMILES string of the molecule is C=C1N(CCCC)C(=O)OC1(C)CCCCC. The topological polar surface area (TPSA) is 29.5 Å². The Bertz CT molecular complexity index is 288. The van der Waals surface area contributed by atoms with Gasteiger partial charge in [-0.1, -0.05) is 39.7 Å². The molecule has 1 unspecified atom stereocenters. The molecule has 0 radical (unpaired) electrons. The molecular weight excluding hydrogens is 214 g/mol. The first-order valence-corrected chi connectivity index (χ1v) is 6.75. The largest absolute Gasteiger partial charge is 0.436 e. The van der Waals surface area contributed by atoms with Gasteiger partial charge < -0.3 is 4.74 Å². The molecule has 0 aromatic carbocycles. The fraction of sp³-hybridized carbons (Fsp3) is 0.786. The Morgan fingerprint density at radius 3 is 2.47 bits per heavy atom. The lowest BCUT2D eigenvalue weighted by molar-refractivity contribution is 0.0735. The standard InChI is InChI=1S/C14H25NO2/c1-5-7-9-10-14(4)12(3)15(11-8-6-2)13(16)17-14/h3,5-11H2,1-2,4H3. The summed E-state index contributed by atoms with van der Waals surface area (Å²) < 4.78 is 5.50. The number of amides is 1. The molecule has 1 atom stereocenters. The Balaban J connectivity index is 2.58. The molecule has 1 aliphatic rings. The number of unbranched alkanes of at least 4 members (excludes halogenated alkanes) is 3. The molecule has 0 bridgehead atoms. The van der Waals surface area contributed by atoms with Gasteiger partial charge in [0.25, 0.3) is 0 Å². The van der Waals surface area contributed by atoms with Crippen molar-refractivity contribution in [2.24, 2.45) is 0 Å². The molecule has 1 fully saturated rings. The van der Waals surface area contributed by atoms with E-state index in [1.54, 1.807) is 4.90 Å². The summed E-state index contributed by atoms with van der Waals surface area (Å²) >= 11 is 0. The van der Waals surface area contributed by atoms with E-state index < -0.39 is 5.60 Å². The molecule has 3 heteroatoms. The van der Waals surface area contributed by atoms with Gasteiger partial charge in [-0.3, -0.25) is 4.90 Å². The van der Waals surface area contributed by atoms with Crippen molar-refractivity contribution < 1.29 is 9.53 Å². The van der Waals surface area contributed by atoms with Crippen molar-refractivity contribution in [2.45, 2.75) is 64.9 Å². The summed E-state index contributed by atoms with van der Waals surface area (Å²) in [7, 11) is 0. The third-order valence-corrected chi connectivity index (χ3v) is 3.46. The molecular formula is C14H25NO2. The van der Waals surface area contributed by atoms with Gasteiger partial charge in [0.2, 0.25) is 0 Å². The minimum atomic E-state index is -0.472. The van der Waals surface area contributed by atoms with Gasteiger partial charge in [-0.15, -0.1) is 0 Å². The fourth-order valence-electron chi connectivity index (χ4n) is 2.15. The van der Waals surface area contributed by atoms with E-state index >= 15 is 0 Å². The Kier molecular flexibility index (Phi) is 5.03. The van der Waals surface area contributed by atoms with E-state index in [0.29, 0.717) is 0 Å². The predicted molar refractivity (Wildman–Crippen MR) is 69.8 cm³/mol. The van der Waals surface area contributed by atoms with Gasteiger partial charge in [0.05, 0.1) is 5.70 Å². The fourth-order valence-corrected chi connectivity index (χ4v) is 2.15. The quantitative estimate of drug-likeness (QED) is 0.626. The van der Waals surface area contributed by atoms with E-state index in [1.165, 1.54) is 12.8 Å². The molecule has 0 saturated carbocycles. The second kappa shape index (κ2) is 6.08. The molecule has 0 N–H and O–H groups in total. The molecule has 1 rings (SSSR count). The van der Waals surface area contributed by atoms with Crippen molar-refractivity contribution in [3.8, 4) is 0 Å². The molecule has 0 aliphatic carbocycles. The summed E-state index contributed by atoms with van der Waals surface area (Å²) in [4.78, 5) is 13.5. The lowest BCUT2D eigenvalue weighted by atomic mass is 9.95. The number of hydrogen-bond acceptors (Lipinski definition) is 2. The van der Waals surface area contributed by atoms with E-state index in [9.17, 15) is 4.79 Å². The van der Waals surface area contributed by atoms with E-state index in [-0.39, 0.29) is 6.09 Å². The minimum Gasteiger partial charge on any atom is -0.436 e. The van der Waals surface area contributed by atoms with Gasteiger partial charge >= 0.3 is 6.09 Å². The highest BCUT2D eigenvalue weighted by Gasteiger charge is 2.44. The average molecular weight is 239 g/mol. The van der Waals surface area contributed by atoms with E-state index in [2.05, 4.69) is 20.4 Å². The zero-order valence-electron chi connectivity index (χ0n) is 11.4. The summed E-state index contributed by atoms with van der Waals surface area (Å²) in [6, 6.07) is 0. The highest BCUT2D eigenvalue weighted by molar-refractivity contribution is 5.74. The van der Waals surface area contributed by atoms with Crippen LogP contribution in [0.4, 0.5) is 4.79 Å². The molecule has 1 amide bonds. The zero-order chi connectivity index (χ0) is 12.9. The van der Waals surface area contributed by atoms with Crippen LogP contribution in [0.5, 0.6) is 0 Å². The van der Waals surface area contributed by atoms with Crippen LogP contribution in [-0.2, 0) is 4.74 Å². The third kappa shape index (κ3) is 3.24. The molecule has 1 heterocycles. The van der Waals surface area contributed by atoms with E-state index in [0.717, 1.165) is 37.9 Å². The normalized spacial score (nSPS) is 24.3. The third-order valence-electron chi connectivity index (χ3n) is 3.46. The monoisotopic (exact) mass is 239 g/mol. The molecule has 0 aromatic rings. The van der Waals surface area contributed by atoms with Crippen LogP contribution in [0.2, 0.25) is 0 Å². The number of hydrogen-bond donors (Lipinski definition) is 0. The van der Waals surface area contributed by atoms with Crippen molar-refractivity contribution in [3.05, 3.63) is 12.3 Å². The van der Waals surface area contributed by atoms with E-state index in [1.807, 2.05) is 6.92 Å². The van der Waals surface area contributed by atoms with Crippen molar-refractivity contribution in [1.29, 1.82) is 0 Å². The van der Waals surface area contributed by atoms with Crippen molar-refractivity contribution in [3.63, 3.8) is 0 Å². The maximum atomic E-state index is 11.8. The Morgan fingerprint density at radius 1 is 1.24 bits per heavy atom. The molecule has 0 spiro atoms. The molecule has 98 valence electrons. The zero-order valence-corrected chi connectivity index (χ0v) is 11.4. The Hall–Kier alpha value is -0.990. The summed E-state index contributed by atoms with van der Waals surface area (Å²) in [6.07, 6.45) is 6.17. The van der Waals surface area contributed by atoms with Crippen molar-refractivity contribution in [1.82, 2.24) is 4.90 Å².